The molecule has 0 aliphatic rings. The first-order valence-corrected chi connectivity index (χ1v) is 6.90. The van der Waals surface area contributed by atoms with Crippen LogP contribution in [-0.2, 0) is 6.18 Å². The first-order valence-electron chi connectivity index (χ1n) is 5.82. The van der Waals surface area contributed by atoms with Crippen LogP contribution >= 0.6 is 8.20 Å². The summed E-state index contributed by atoms with van der Waals surface area (Å²) in [6, 6.07) is 10.8. The lowest BCUT2D eigenvalue weighted by atomic mass is 10.1. The first-order chi connectivity index (χ1) is 9.40. The molecule has 1 nitrogen and oxygen atoms in total. The van der Waals surface area contributed by atoms with Crippen LogP contribution in [0.4, 0.5) is 13.2 Å². The molecule has 5 heteroatoms. The van der Waals surface area contributed by atoms with E-state index in [9.17, 15) is 13.2 Å². The van der Waals surface area contributed by atoms with Crippen molar-refractivity contribution in [3.05, 3.63) is 53.6 Å². The summed E-state index contributed by atoms with van der Waals surface area (Å²) in [5, 5.41) is 0.970. The van der Waals surface area contributed by atoms with E-state index < -0.39 is 11.7 Å². The Balaban J connectivity index is 2.35. The standard InChI is InChI=1S/C15H12F3OP/c1-10-3-8-14(13(9-10)15(16,17)18)19-11-4-6-12(20-2)7-5-11/h3-9H,2H2,1H3. The van der Waals surface area contributed by atoms with Crippen LogP contribution in [0, 0.1) is 6.92 Å². The average molecular weight is 296 g/mol. The molecule has 2 rings (SSSR count). The number of alkyl halides is 3. The molecule has 2 aromatic carbocycles. The second kappa shape index (κ2) is 5.68. The minimum atomic E-state index is -4.44. The third-order valence-corrected chi connectivity index (χ3v) is 3.35. The number of hydrogen-bond donors (Lipinski definition) is 0. The highest BCUT2D eigenvalue weighted by Gasteiger charge is 2.34. The SMILES string of the molecule is C=Pc1ccc(Oc2ccc(C)cc2C(F)(F)F)cc1. The summed E-state index contributed by atoms with van der Waals surface area (Å²) in [5.74, 6) is 0.176. The van der Waals surface area contributed by atoms with Crippen molar-refractivity contribution in [1.82, 2.24) is 0 Å². The van der Waals surface area contributed by atoms with E-state index in [1.54, 1.807) is 37.3 Å². The lowest BCUT2D eigenvalue weighted by Crippen LogP contribution is -2.07. The largest absolute Gasteiger partial charge is 0.457 e. The molecular weight excluding hydrogens is 284 g/mol. The molecule has 20 heavy (non-hydrogen) atoms. The van der Waals surface area contributed by atoms with E-state index in [-0.39, 0.29) is 5.75 Å². The number of benzene rings is 2. The second-order valence-electron chi connectivity index (χ2n) is 4.25. The molecule has 2 aromatic rings. The molecule has 0 bridgehead atoms. The predicted molar refractivity (Wildman–Crippen MR) is 76.4 cm³/mol. The van der Waals surface area contributed by atoms with Crippen molar-refractivity contribution in [2.45, 2.75) is 13.1 Å². The monoisotopic (exact) mass is 296 g/mol. The Kier molecular flexibility index (Phi) is 4.15. The van der Waals surface area contributed by atoms with Gasteiger partial charge in [-0.1, -0.05) is 26.1 Å². The van der Waals surface area contributed by atoms with Gasteiger partial charge in [-0.25, -0.2) is 0 Å². The minimum absolute atomic E-state index is 0.192. The fraction of sp³-hybridized carbons (Fsp3) is 0.133. The summed E-state index contributed by atoms with van der Waals surface area (Å²) in [6.45, 7) is 1.61. The highest BCUT2D eigenvalue weighted by molar-refractivity contribution is 7.45. The molecule has 104 valence electrons. The first kappa shape index (κ1) is 14.6. The molecule has 0 spiro atoms. The van der Waals surface area contributed by atoms with E-state index in [0.717, 1.165) is 19.6 Å². The predicted octanol–water partition coefficient (Wildman–Crippen LogP) is 4.81. The second-order valence-corrected chi connectivity index (χ2v) is 5.08. The van der Waals surface area contributed by atoms with Gasteiger partial charge in [0.15, 0.2) is 0 Å². The van der Waals surface area contributed by atoms with E-state index >= 15 is 0 Å². The van der Waals surface area contributed by atoms with E-state index in [0.29, 0.717) is 11.3 Å². The molecule has 0 fully saturated rings. The van der Waals surface area contributed by atoms with Crippen LogP contribution < -0.4 is 10.0 Å². The molecule has 0 atom stereocenters. The molecule has 0 saturated carbocycles. The molecule has 0 aliphatic carbocycles. The van der Waals surface area contributed by atoms with E-state index in [1.165, 1.54) is 6.07 Å². The zero-order chi connectivity index (χ0) is 14.8. The molecule has 0 aromatic heterocycles. The van der Waals surface area contributed by atoms with Crippen molar-refractivity contribution in [3.63, 3.8) is 0 Å². The molecule has 0 unspecified atom stereocenters. The maximum absolute atomic E-state index is 13.0. The Morgan fingerprint density at radius 1 is 1.05 bits per heavy atom. The van der Waals surface area contributed by atoms with Crippen molar-refractivity contribution >= 4 is 19.8 Å². The van der Waals surface area contributed by atoms with Crippen LogP contribution in [0.5, 0.6) is 11.5 Å². The molecule has 0 aliphatic heterocycles. The number of hydrogen-bond acceptors (Lipinski definition) is 1. The van der Waals surface area contributed by atoms with Crippen molar-refractivity contribution in [2.75, 3.05) is 0 Å². The van der Waals surface area contributed by atoms with Crippen LogP contribution in [0.25, 0.3) is 0 Å². The average Bonchev–Trinajstić information content (AvgIpc) is 2.40. The van der Waals surface area contributed by atoms with E-state index in [4.69, 9.17) is 4.74 Å². The smallest absolute Gasteiger partial charge is 0.419 e. The quantitative estimate of drug-likeness (QED) is 0.739. The van der Waals surface area contributed by atoms with Gasteiger partial charge in [-0.2, -0.15) is 13.2 Å². The lowest BCUT2D eigenvalue weighted by molar-refractivity contribution is -0.138. The van der Waals surface area contributed by atoms with Gasteiger partial charge in [0.1, 0.15) is 11.5 Å². The van der Waals surface area contributed by atoms with Crippen molar-refractivity contribution < 1.29 is 17.9 Å². The normalized spacial score (nSPS) is 11.6. The van der Waals surface area contributed by atoms with Gasteiger partial charge >= 0.3 is 6.18 Å². The van der Waals surface area contributed by atoms with E-state index in [2.05, 4.69) is 6.30 Å². The Morgan fingerprint density at radius 2 is 1.70 bits per heavy atom. The van der Waals surface area contributed by atoms with Crippen molar-refractivity contribution in [3.8, 4) is 11.5 Å². The Morgan fingerprint density at radius 3 is 2.25 bits per heavy atom. The number of halogens is 3. The van der Waals surface area contributed by atoms with Crippen LogP contribution in [-0.4, -0.2) is 6.30 Å². The molecule has 0 saturated heterocycles. The number of ether oxygens (including phenoxy) is 1. The van der Waals surface area contributed by atoms with E-state index in [1.807, 2.05) is 0 Å². The Bertz CT molecular complexity index is 618. The highest BCUT2D eigenvalue weighted by Crippen LogP contribution is 2.38. The van der Waals surface area contributed by atoms with Crippen LogP contribution in [0.15, 0.2) is 42.5 Å². The van der Waals surface area contributed by atoms with Gasteiger partial charge in [-0.3, -0.25) is 0 Å². The summed E-state index contributed by atoms with van der Waals surface area (Å²) < 4.78 is 44.2. The van der Waals surface area contributed by atoms with Gasteiger partial charge in [0.05, 0.1) is 5.56 Å². The lowest BCUT2D eigenvalue weighted by Gasteiger charge is -2.14. The van der Waals surface area contributed by atoms with Gasteiger partial charge in [-0.05, 0) is 43.3 Å². The molecule has 0 N–H and O–H groups in total. The summed E-state index contributed by atoms with van der Waals surface area (Å²) in [6.07, 6.45) is -0.729. The third-order valence-electron chi connectivity index (χ3n) is 2.69. The Hall–Kier alpha value is -1.80. The van der Waals surface area contributed by atoms with Crippen LogP contribution in [0.1, 0.15) is 11.1 Å². The summed E-state index contributed by atoms with van der Waals surface area (Å²) in [5.41, 5.74) is -0.229. The third kappa shape index (κ3) is 3.40. The van der Waals surface area contributed by atoms with Gasteiger partial charge in [-0.15, -0.1) is 0 Å². The fourth-order valence-corrected chi connectivity index (χ4v) is 2.06. The number of aryl methyl sites for hydroxylation is 1. The van der Waals surface area contributed by atoms with Gasteiger partial charge < -0.3 is 4.74 Å². The number of rotatable bonds is 3. The van der Waals surface area contributed by atoms with Gasteiger partial charge in [0.25, 0.3) is 0 Å². The molecular formula is C15H12F3OP. The van der Waals surface area contributed by atoms with Gasteiger partial charge in [0.2, 0.25) is 0 Å². The molecule has 0 radical (unpaired) electrons. The van der Waals surface area contributed by atoms with Crippen LogP contribution in [0.3, 0.4) is 0 Å². The molecule has 0 amide bonds. The van der Waals surface area contributed by atoms with Gasteiger partial charge in [0, 0.05) is 5.30 Å². The molecule has 0 heterocycles. The zero-order valence-corrected chi connectivity index (χ0v) is 11.6. The van der Waals surface area contributed by atoms with Crippen LogP contribution in [0.2, 0.25) is 0 Å². The van der Waals surface area contributed by atoms with Crippen molar-refractivity contribution in [1.29, 1.82) is 0 Å². The summed E-state index contributed by atoms with van der Waals surface area (Å²) >= 11 is 0. The maximum atomic E-state index is 13.0. The summed E-state index contributed by atoms with van der Waals surface area (Å²) in [7, 11) is 0.852. The topological polar surface area (TPSA) is 9.23 Å². The summed E-state index contributed by atoms with van der Waals surface area (Å²) in [4.78, 5) is 0. The Labute approximate surface area is 116 Å². The minimum Gasteiger partial charge on any atom is -0.457 e. The maximum Gasteiger partial charge on any atom is 0.419 e. The highest BCUT2D eigenvalue weighted by atomic mass is 31.1. The fourth-order valence-electron chi connectivity index (χ4n) is 1.70. The zero-order valence-electron chi connectivity index (χ0n) is 10.7. The van der Waals surface area contributed by atoms with Crippen molar-refractivity contribution in [2.24, 2.45) is 0 Å².